The fourth-order valence-electron chi connectivity index (χ4n) is 1.66. The number of aryl methyl sites for hydroxylation is 1. The summed E-state index contributed by atoms with van der Waals surface area (Å²) in [7, 11) is 0. The lowest BCUT2D eigenvalue weighted by atomic mass is 10.1. The predicted molar refractivity (Wildman–Crippen MR) is 78.2 cm³/mol. The normalized spacial score (nSPS) is 12.0. The molecule has 0 radical (unpaired) electrons. The number of hydrogen-bond donors (Lipinski definition) is 3. The van der Waals surface area contributed by atoms with Gasteiger partial charge in [0.15, 0.2) is 0 Å². The molecule has 6 nitrogen and oxygen atoms in total. The smallest absolute Gasteiger partial charge is 0.326 e. The molecule has 112 valence electrons. The van der Waals surface area contributed by atoms with Crippen molar-refractivity contribution < 1.29 is 19.5 Å². The molecule has 6 heteroatoms. The summed E-state index contributed by atoms with van der Waals surface area (Å²) in [5, 5.41) is 11.1. The van der Waals surface area contributed by atoms with Gasteiger partial charge < -0.3 is 16.2 Å². The zero-order valence-electron chi connectivity index (χ0n) is 11.7. The highest BCUT2D eigenvalue weighted by Gasteiger charge is 2.20. The second-order valence-corrected chi connectivity index (χ2v) is 4.50. The number of carbonyl (C=O) groups excluding carboxylic acids is 2. The maximum Gasteiger partial charge on any atom is 0.326 e. The van der Waals surface area contributed by atoms with E-state index in [0.29, 0.717) is 0 Å². The van der Waals surface area contributed by atoms with E-state index in [1.807, 2.05) is 31.2 Å². The predicted octanol–water partition coefficient (Wildman–Crippen LogP) is 0.707. The number of carboxylic acid groups (broad SMARTS) is 1. The van der Waals surface area contributed by atoms with Crippen LogP contribution in [0.25, 0.3) is 6.08 Å². The molecular formula is C15H18N2O4. The third-order valence-corrected chi connectivity index (χ3v) is 2.84. The van der Waals surface area contributed by atoms with Crippen LogP contribution in [0, 0.1) is 0 Å². The Morgan fingerprint density at radius 2 is 1.90 bits per heavy atom. The summed E-state index contributed by atoms with van der Waals surface area (Å²) >= 11 is 0. The number of primary amides is 1. The lowest BCUT2D eigenvalue weighted by Crippen LogP contribution is -2.42. The van der Waals surface area contributed by atoms with Gasteiger partial charge in [0, 0.05) is 6.08 Å². The molecule has 0 heterocycles. The second kappa shape index (κ2) is 7.84. The monoisotopic (exact) mass is 290 g/mol. The average molecular weight is 290 g/mol. The van der Waals surface area contributed by atoms with Gasteiger partial charge in [0.1, 0.15) is 6.04 Å². The van der Waals surface area contributed by atoms with Gasteiger partial charge in [-0.25, -0.2) is 4.79 Å². The third-order valence-electron chi connectivity index (χ3n) is 2.84. The summed E-state index contributed by atoms with van der Waals surface area (Å²) in [5.41, 5.74) is 6.94. The Bertz CT molecular complexity index is 549. The SMILES string of the molecule is CCc1ccc(C=CC(=O)N[C@@H](CC(N)=O)C(=O)O)cc1. The van der Waals surface area contributed by atoms with Crippen molar-refractivity contribution in [3.63, 3.8) is 0 Å². The Hall–Kier alpha value is -2.63. The van der Waals surface area contributed by atoms with Gasteiger partial charge in [-0.1, -0.05) is 31.2 Å². The van der Waals surface area contributed by atoms with E-state index in [-0.39, 0.29) is 0 Å². The van der Waals surface area contributed by atoms with Crippen LogP contribution in [0.4, 0.5) is 0 Å². The third kappa shape index (κ3) is 5.90. The fraction of sp³-hybridized carbons (Fsp3) is 0.267. The molecule has 1 atom stereocenters. The highest BCUT2D eigenvalue weighted by molar-refractivity contribution is 5.95. The molecule has 21 heavy (non-hydrogen) atoms. The lowest BCUT2D eigenvalue weighted by molar-refractivity contribution is -0.142. The van der Waals surface area contributed by atoms with Crippen LogP contribution in [0.3, 0.4) is 0 Å². The van der Waals surface area contributed by atoms with E-state index in [2.05, 4.69) is 5.32 Å². The van der Waals surface area contributed by atoms with E-state index >= 15 is 0 Å². The molecule has 0 spiro atoms. The minimum Gasteiger partial charge on any atom is -0.480 e. The van der Waals surface area contributed by atoms with Crippen molar-refractivity contribution in [1.82, 2.24) is 5.32 Å². The number of rotatable bonds is 7. The quantitative estimate of drug-likeness (QED) is 0.642. The Kier molecular flexibility index (Phi) is 6.13. The summed E-state index contributed by atoms with van der Waals surface area (Å²) in [6.07, 6.45) is 3.27. The van der Waals surface area contributed by atoms with Crippen molar-refractivity contribution in [2.45, 2.75) is 25.8 Å². The number of carbonyl (C=O) groups is 3. The molecule has 1 aromatic rings. The van der Waals surface area contributed by atoms with Gasteiger partial charge in [0.2, 0.25) is 11.8 Å². The maximum absolute atomic E-state index is 11.6. The molecular weight excluding hydrogens is 272 g/mol. The standard InChI is InChI=1S/C15H18N2O4/c1-2-10-3-5-11(6-4-10)7-8-14(19)17-12(15(20)21)9-13(16)18/h3-8,12H,2,9H2,1H3,(H2,16,18)(H,17,19)(H,20,21)/t12-/m0/s1. The van der Waals surface area contributed by atoms with E-state index in [0.717, 1.165) is 12.0 Å². The first-order chi connectivity index (χ1) is 9.92. The fourth-order valence-corrected chi connectivity index (χ4v) is 1.66. The van der Waals surface area contributed by atoms with E-state index in [9.17, 15) is 14.4 Å². The van der Waals surface area contributed by atoms with Crippen LogP contribution in [-0.2, 0) is 20.8 Å². The van der Waals surface area contributed by atoms with Crippen molar-refractivity contribution >= 4 is 23.9 Å². The summed E-state index contributed by atoms with van der Waals surface area (Å²) in [6.45, 7) is 2.04. The van der Waals surface area contributed by atoms with Gasteiger partial charge in [-0.05, 0) is 23.6 Å². The van der Waals surface area contributed by atoms with E-state index in [1.54, 1.807) is 6.08 Å². The Labute approximate surface area is 122 Å². The highest BCUT2D eigenvalue weighted by Crippen LogP contribution is 2.06. The zero-order valence-corrected chi connectivity index (χ0v) is 11.7. The van der Waals surface area contributed by atoms with Crippen molar-refractivity contribution in [3.05, 3.63) is 41.5 Å². The topological polar surface area (TPSA) is 109 Å². The molecule has 2 amide bonds. The summed E-state index contributed by atoms with van der Waals surface area (Å²) < 4.78 is 0. The molecule has 0 aromatic heterocycles. The molecule has 0 fully saturated rings. The van der Waals surface area contributed by atoms with Crippen LogP contribution >= 0.6 is 0 Å². The Morgan fingerprint density at radius 1 is 1.29 bits per heavy atom. The molecule has 0 aliphatic rings. The van der Waals surface area contributed by atoms with Crippen molar-refractivity contribution in [1.29, 1.82) is 0 Å². The highest BCUT2D eigenvalue weighted by atomic mass is 16.4. The van der Waals surface area contributed by atoms with Crippen LogP contribution in [0.2, 0.25) is 0 Å². The number of nitrogens with two attached hydrogens (primary N) is 1. The van der Waals surface area contributed by atoms with Crippen molar-refractivity contribution in [3.8, 4) is 0 Å². The molecule has 1 rings (SSSR count). The second-order valence-electron chi connectivity index (χ2n) is 4.50. The number of hydrogen-bond acceptors (Lipinski definition) is 3. The number of nitrogens with one attached hydrogen (secondary N) is 1. The van der Waals surface area contributed by atoms with Crippen molar-refractivity contribution in [2.24, 2.45) is 5.73 Å². The first-order valence-corrected chi connectivity index (χ1v) is 6.51. The van der Waals surface area contributed by atoms with Crippen molar-refractivity contribution in [2.75, 3.05) is 0 Å². The van der Waals surface area contributed by atoms with Crippen LogP contribution in [0.5, 0.6) is 0 Å². The molecule has 0 aliphatic carbocycles. The summed E-state index contributed by atoms with van der Waals surface area (Å²) in [6, 6.07) is 6.30. The van der Waals surface area contributed by atoms with Gasteiger partial charge in [-0.2, -0.15) is 0 Å². The number of amides is 2. The lowest BCUT2D eigenvalue weighted by Gasteiger charge is -2.10. The van der Waals surface area contributed by atoms with Crippen LogP contribution in [0.15, 0.2) is 30.3 Å². The first-order valence-electron chi connectivity index (χ1n) is 6.51. The van der Waals surface area contributed by atoms with E-state index in [4.69, 9.17) is 10.8 Å². The van der Waals surface area contributed by atoms with Gasteiger partial charge in [0.25, 0.3) is 0 Å². The molecule has 0 unspecified atom stereocenters. The largest absolute Gasteiger partial charge is 0.480 e. The van der Waals surface area contributed by atoms with Gasteiger partial charge in [-0.3, -0.25) is 9.59 Å². The summed E-state index contributed by atoms with van der Waals surface area (Å²) in [4.78, 5) is 33.2. The van der Waals surface area contributed by atoms with Gasteiger partial charge >= 0.3 is 5.97 Å². The molecule has 0 aliphatic heterocycles. The minimum atomic E-state index is -1.32. The summed E-state index contributed by atoms with van der Waals surface area (Å²) in [5.74, 6) is -2.69. The van der Waals surface area contributed by atoms with Crippen LogP contribution < -0.4 is 11.1 Å². The van der Waals surface area contributed by atoms with Crippen LogP contribution in [0.1, 0.15) is 24.5 Å². The minimum absolute atomic E-state index is 0.444. The van der Waals surface area contributed by atoms with Gasteiger partial charge in [-0.15, -0.1) is 0 Å². The maximum atomic E-state index is 11.6. The molecule has 0 saturated heterocycles. The molecule has 0 saturated carbocycles. The first kappa shape index (κ1) is 16.4. The molecule has 4 N–H and O–H groups in total. The van der Waals surface area contributed by atoms with Crippen LogP contribution in [-0.4, -0.2) is 28.9 Å². The van der Waals surface area contributed by atoms with Gasteiger partial charge in [0.05, 0.1) is 6.42 Å². The van der Waals surface area contributed by atoms with E-state index < -0.39 is 30.2 Å². The molecule has 1 aromatic carbocycles. The van der Waals surface area contributed by atoms with E-state index in [1.165, 1.54) is 11.6 Å². The average Bonchev–Trinajstić information content (AvgIpc) is 2.44. The zero-order chi connectivity index (χ0) is 15.8. The number of aliphatic carboxylic acids is 1. The Morgan fingerprint density at radius 3 is 2.38 bits per heavy atom. The number of carboxylic acids is 1. The molecule has 0 bridgehead atoms. The number of benzene rings is 1. The Balaban J connectivity index is 2.63.